The van der Waals surface area contributed by atoms with Gasteiger partial charge in [-0.3, -0.25) is 14.4 Å². The van der Waals surface area contributed by atoms with Crippen LogP contribution in [-0.2, 0) is 19.1 Å². The van der Waals surface area contributed by atoms with Gasteiger partial charge in [0, 0.05) is 24.7 Å². The van der Waals surface area contributed by atoms with Crippen LogP contribution in [0.15, 0.2) is 0 Å². The summed E-state index contributed by atoms with van der Waals surface area (Å²) in [5.74, 6) is 0.922. The van der Waals surface area contributed by atoms with Crippen LogP contribution in [0.2, 0.25) is 0 Å². The van der Waals surface area contributed by atoms with Crippen LogP contribution < -0.4 is 0 Å². The van der Waals surface area contributed by atoms with Crippen molar-refractivity contribution in [1.82, 2.24) is 0 Å². The second kappa shape index (κ2) is 8.20. The standard InChI is InChI=1S/C24H35ClO5/c1-23-9-7-15(26)11-14(23)3-4-16-17-5-6-18(19(27)8-10-30-21(29)13-25)24(17,2)12-20(28)22(16)23/h14-18,22,26H,3-13H2,1-2H3/t14-,15+,16-,17-,18+,22+,23-,24-/m0/s1. The van der Waals surface area contributed by atoms with Crippen LogP contribution in [0.5, 0.6) is 0 Å². The summed E-state index contributed by atoms with van der Waals surface area (Å²) >= 11 is 5.45. The van der Waals surface area contributed by atoms with Crippen molar-refractivity contribution in [1.29, 1.82) is 0 Å². The maximum atomic E-state index is 13.6. The molecular weight excluding hydrogens is 404 g/mol. The Kier molecular flexibility index (Phi) is 6.08. The molecule has 4 rings (SSSR count). The topological polar surface area (TPSA) is 80.7 Å². The van der Waals surface area contributed by atoms with Crippen LogP contribution in [0.3, 0.4) is 0 Å². The van der Waals surface area contributed by atoms with Gasteiger partial charge in [0.1, 0.15) is 17.4 Å². The van der Waals surface area contributed by atoms with Crippen LogP contribution in [0.4, 0.5) is 0 Å². The first-order valence-corrected chi connectivity index (χ1v) is 12.2. The lowest BCUT2D eigenvalue weighted by Crippen LogP contribution is -2.58. The summed E-state index contributed by atoms with van der Waals surface area (Å²) in [6.07, 6.45) is 7.00. The van der Waals surface area contributed by atoms with Gasteiger partial charge in [-0.05, 0) is 73.5 Å². The molecule has 6 heteroatoms. The van der Waals surface area contributed by atoms with Gasteiger partial charge in [-0.2, -0.15) is 0 Å². The van der Waals surface area contributed by atoms with Crippen LogP contribution in [0.25, 0.3) is 0 Å². The van der Waals surface area contributed by atoms with Gasteiger partial charge >= 0.3 is 5.97 Å². The first-order valence-electron chi connectivity index (χ1n) is 11.7. The van der Waals surface area contributed by atoms with Crippen molar-refractivity contribution in [2.24, 2.45) is 40.4 Å². The van der Waals surface area contributed by atoms with E-state index < -0.39 is 5.97 Å². The van der Waals surface area contributed by atoms with Crippen molar-refractivity contribution in [3.05, 3.63) is 0 Å². The fourth-order valence-corrected chi connectivity index (χ4v) is 8.13. The highest BCUT2D eigenvalue weighted by molar-refractivity contribution is 6.26. The Bertz CT molecular complexity index is 722. The minimum absolute atomic E-state index is 0.00157. The number of Topliss-reactive ketones (excluding diaryl/α,β-unsaturated/α-hetero) is 2. The summed E-state index contributed by atoms with van der Waals surface area (Å²) in [4.78, 5) is 37.8. The van der Waals surface area contributed by atoms with Gasteiger partial charge in [-0.25, -0.2) is 0 Å². The van der Waals surface area contributed by atoms with E-state index in [0.717, 1.165) is 44.9 Å². The fourth-order valence-electron chi connectivity index (χ4n) is 8.06. The quantitative estimate of drug-likeness (QED) is 0.519. The van der Waals surface area contributed by atoms with E-state index in [1.165, 1.54) is 0 Å². The lowest BCUT2D eigenvalue weighted by Gasteiger charge is -2.59. The van der Waals surface area contributed by atoms with Crippen molar-refractivity contribution in [2.45, 2.75) is 77.7 Å². The van der Waals surface area contributed by atoms with E-state index in [0.29, 0.717) is 30.0 Å². The molecule has 168 valence electrons. The molecule has 0 aliphatic heterocycles. The van der Waals surface area contributed by atoms with E-state index in [4.69, 9.17) is 16.3 Å². The summed E-state index contributed by atoms with van der Waals surface area (Å²) in [5, 5.41) is 10.2. The summed E-state index contributed by atoms with van der Waals surface area (Å²) < 4.78 is 5.00. The molecule has 4 fully saturated rings. The average Bonchev–Trinajstić information content (AvgIpc) is 3.04. The number of hydrogen-bond acceptors (Lipinski definition) is 5. The third-order valence-corrected chi connectivity index (χ3v) is 9.65. The maximum absolute atomic E-state index is 13.6. The Balaban J connectivity index is 1.50. The maximum Gasteiger partial charge on any atom is 0.320 e. The summed E-state index contributed by atoms with van der Waals surface area (Å²) in [6.45, 7) is 4.53. The van der Waals surface area contributed by atoms with E-state index in [-0.39, 0.29) is 53.5 Å². The molecule has 0 aromatic heterocycles. The lowest BCUT2D eigenvalue weighted by atomic mass is 9.44. The van der Waals surface area contributed by atoms with Gasteiger partial charge in [-0.15, -0.1) is 11.6 Å². The third kappa shape index (κ3) is 3.54. The second-order valence-electron chi connectivity index (χ2n) is 10.8. The highest BCUT2D eigenvalue weighted by Crippen LogP contribution is 2.66. The summed E-state index contributed by atoms with van der Waals surface area (Å²) in [7, 11) is 0. The van der Waals surface area contributed by atoms with Gasteiger partial charge in [-0.1, -0.05) is 13.8 Å². The number of rotatable bonds is 5. The highest BCUT2D eigenvalue weighted by atomic mass is 35.5. The predicted molar refractivity (Wildman–Crippen MR) is 113 cm³/mol. The van der Waals surface area contributed by atoms with Gasteiger partial charge in [0.25, 0.3) is 0 Å². The number of hydrogen-bond donors (Lipinski definition) is 1. The molecule has 0 amide bonds. The van der Waals surface area contributed by atoms with Gasteiger partial charge in [0.2, 0.25) is 0 Å². The van der Waals surface area contributed by atoms with E-state index in [9.17, 15) is 19.5 Å². The minimum Gasteiger partial charge on any atom is -0.464 e. The van der Waals surface area contributed by atoms with Crippen molar-refractivity contribution in [3.63, 3.8) is 0 Å². The van der Waals surface area contributed by atoms with Crippen LogP contribution in [0, 0.1) is 40.4 Å². The van der Waals surface area contributed by atoms with Crippen molar-refractivity contribution < 1.29 is 24.2 Å². The number of halogens is 1. The van der Waals surface area contributed by atoms with Crippen LogP contribution in [-0.4, -0.2) is 41.2 Å². The zero-order valence-corrected chi connectivity index (χ0v) is 19.0. The molecule has 0 saturated heterocycles. The monoisotopic (exact) mass is 438 g/mol. The zero-order valence-electron chi connectivity index (χ0n) is 18.2. The molecule has 4 aliphatic rings. The Morgan fingerprint density at radius 1 is 1.13 bits per heavy atom. The summed E-state index contributed by atoms with van der Waals surface area (Å²) in [5.41, 5.74) is -0.276. The summed E-state index contributed by atoms with van der Waals surface area (Å²) in [6, 6.07) is 0. The zero-order chi connectivity index (χ0) is 21.7. The Hall–Kier alpha value is -0.940. The Morgan fingerprint density at radius 3 is 2.63 bits per heavy atom. The number of ether oxygens (including phenoxy) is 1. The molecule has 8 atom stereocenters. The molecule has 0 bridgehead atoms. The molecule has 0 aromatic rings. The molecule has 4 aliphatic carbocycles. The Morgan fingerprint density at radius 2 is 1.90 bits per heavy atom. The highest BCUT2D eigenvalue weighted by Gasteiger charge is 2.63. The fraction of sp³-hybridized carbons (Fsp3) is 0.875. The Labute approximate surface area is 184 Å². The minimum atomic E-state index is -0.502. The van der Waals surface area contributed by atoms with E-state index in [1.807, 2.05) is 0 Å². The molecule has 0 radical (unpaired) electrons. The number of ketones is 2. The molecule has 0 aromatic carbocycles. The number of carbonyl (C=O) groups excluding carboxylic acids is 3. The van der Waals surface area contributed by atoms with Gasteiger partial charge in [0.05, 0.1) is 12.7 Å². The van der Waals surface area contributed by atoms with Crippen molar-refractivity contribution in [3.8, 4) is 0 Å². The molecule has 30 heavy (non-hydrogen) atoms. The van der Waals surface area contributed by atoms with E-state index >= 15 is 0 Å². The molecule has 0 unspecified atom stereocenters. The van der Waals surface area contributed by atoms with Crippen LogP contribution in [0.1, 0.15) is 71.6 Å². The molecule has 0 spiro atoms. The van der Waals surface area contributed by atoms with E-state index in [2.05, 4.69) is 13.8 Å². The number of alkyl halides is 1. The predicted octanol–water partition coefficient (Wildman–Crippen LogP) is 3.93. The SMILES string of the molecule is C[C@]12CC[C@@H](O)C[C@@H]1CC[C@H]1[C@@H]3CC[C@H](C(=O)CCOC(=O)CCl)[C@@]3(C)CC(=O)[C@@H]12. The normalized spacial score (nSPS) is 45.3. The molecule has 0 heterocycles. The van der Waals surface area contributed by atoms with E-state index in [1.54, 1.807) is 0 Å². The first kappa shape index (κ1) is 22.3. The smallest absolute Gasteiger partial charge is 0.320 e. The lowest BCUT2D eigenvalue weighted by molar-refractivity contribution is -0.162. The number of esters is 1. The number of carbonyl (C=O) groups is 3. The molecular formula is C24H35ClO5. The first-order chi connectivity index (χ1) is 14.2. The number of aliphatic hydroxyl groups excluding tert-OH is 1. The average molecular weight is 439 g/mol. The largest absolute Gasteiger partial charge is 0.464 e. The van der Waals surface area contributed by atoms with Gasteiger partial charge in [0.15, 0.2) is 0 Å². The van der Waals surface area contributed by atoms with Gasteiger partial charge < -0.3 is 9.84 Å². The molecule has 5 nitrogen and oxygen atoms in total. The molecule has 4 saturated carbocycles. The van der Waals surface area contributed by atoms with Crippen LogP contribution >= 0.6 is 11.6 Å². The molecule has 1 N–H and O–H groups in total. The number of aliphatic hydroxyl groups is 1. The number of fused-ring (bicyclic) bond motifs is 5. The van der Waals surface area contributed by atoms with Crippen molar-refractivity contribution >= 4 is 29.1 Å². The van der Waals surface area contributed by atoms with Crippen molar-refractivity contribution in [2.75, 3.05) is 12.5 Å². The second-order valence-corrected chi connectivity index (χ2v) is 11.1. The third-order valence-electron chi connectivity index (χ3n) is 9.43.